The van der Waals surface area contributed by atoms with Gasteiger partial charge in [0.2, 0.25) is 0 Å². The van der Waals surface area contributed by atoms with Gasteiger partial charge in [0.15, 0.2) is 23.1 Å². The van der Waals surface area contributed by atoms with Gasteiger partial charge in [-0.3, -0.25) is 24.0 Å². The summed E-state index contributed by atoms with van der Waals surface area (Å²) in [7, 11) is 0. The number of hydrogen-bond donors (Lipinski definition) is 6. The molecule has 11 heteroatoms. The molecule has 0 aliphatic heterocycles. The highest BCUT2D eigenvalue weighted by molar-refractivity contribution is 6.02. The first-order chi connectivity index (χ1) is 25.3. The predicted molar refractivity (Wildman–Crippen MR) is 193 cm³/mol. The van der Waals surface area contributed by atoms with Crippen LogP contribution in [0.15, 0.2) is 23.3 Å². The number of rotatable bonds is 6. The third kappa shape index (κ3) is 4.60. The van der Waals surface area contributed by atoms with Gasteiger partial charge >= 0.3 is 0 Å². The van der Waals surface area contributed by atoms with Crippen molar-refractivity contribution in [3.05, 3.63) is 23.3 Å². The Labute approximate surface area is 316 Å². The first-order valence-electron chi connectivity index (χ1n) is 20.4. The molecule has 16 atom stereocenters. The second-order valence-electron chi connectivity index (χ2n) is 19.8. The molecule has 0 bridgehead atoms. The number of ketones is 5. The Morgan fingerprint density at radius 2 is 1.02 bits per heavy atom. The van der Waals surface area contributed by atoms with E-state index in [0.29, 0.717) is 38.5 Å². The van der Waals surface area contributed by atoms with E-state index in [1.54, 1.807) is 12.2 Å². The molecular weight excluding hydrogens is 692 g/mol. The molecule has 0 spiro atoms. The zero-order chi connectivity index (χ0) is 39.1. The first-order valence-corrected chi connectivity index (χ1v) is 20.4. The van der Waals surface area contributed by atoms with E-state index < -0.39 is 93.5 Å². The van der Waals surface area contributed by atoms with E-state index in [-0.39, 0.29) is 79.5 Å². The van der Waals surface area contributed by atoms with Crippen molar-refractivity contribution in [2.75, 3.05) is 13.2 Å². The molecule has 2 unspecified atom stereocenters. The van der Waals surface area contributed by atoms with Crippen LogP contribution in [0.1, 0.15) is 105 Å². The standard InChI is InChI=1S/C43H58O11/c1-38-17-31(48)35-25(27(38)9-11-42(38,53)33(50)19-44)7-5-21-13-23(46)15-29(40(21,35)3)37(52)30-16-24(47)14-22-6-8-26-28-10-12-43(54,34(51)20-45)39(28,2)18-32(49)36(26)41(22,30)4/h13-14,25-32,35-36,44-45,48-49,53-54H,5-12,15-20H2,1-4H3/t25-,26-,27-,28-,29?,30?,31-,32-,35+,36+,38-,39-,40+,41+,42-,43-/m0/s1. The average molecular weight is 751 g/mol. The molecule has 0 aromatic carbocycles. The lowest BCUT2D eigenvalue weighted by Gasteiger charge is -2.63. The summed E-state index contributed by atoms with van der Waals surface area (Å²) >= 11 is 0. The fraction of sp³-hybridized carbons (Fsp3) is 0.791. The van der Waals surface area contributed by atoms with Gasteiger partial charge in [-0.25, -0.2) is 0 Å². The van der Waals surface area contributed by atoms with Crippen molar-refractivity contribution in [2.24, 2.45) is 69.0 Å². The topological polar surface area (TPSA) is 207 Å². The summed E-state index contributed by atoms with van der Waals surface area (Å²) in [6.07, 6.45) is 5.03. The lowest BCUT2D eigenvalue weighted by molar-refractivity contribution is -0.192. The maximum absolute atomic E-state index is 15.6. The molecule has 6 saturated carbocycles. The summed E-state index contributed by atoms with van der Waals surface area (Å²) in [5, 5.41) is 67.5. The minimum absolute atomic E-state index is 0.0723. The van der Waals surface area contributed by atoms with Crippen molar-refractivity contribution in [3.8, 4) is 0 Å². The summed E-state index contributed by atoms with van der Waals surface area (Å²) < 4.78 is 0. The molecule has 6 fully saturated rings. The first kappa shape index (κ1) is 38.5. The van der Waals surface area contributed by atoms with Gasteiger partial charge in [0, 0.05) is 46.3 Å². The van der Waals surface area contributed by atoms with E-state index in [0.717, 1.165) is 11.1 Å². The Balaban J connectivity index is 1.18. The van der Waals surface area contributed by atoms with Crippen LogP contribution < -0.4 is 0 Å². The lowest BCUT2D eigenvalue weighted by atomic mass is 9.40. The van der Waals surface area contributed by atoms with Crippen LogP contribution in [0.3, 0.4) is 0 Å². The molecule has 0 aromatic rings. The quantitative estimate of drug-likeness (QED) is 0.233. The van der Waals surface area contributed by atoms with Crippen molar-refractivity contribution in [3.63, 3.8) is 0 Å². The van der Waals surface area contributed by atoms with Crippen LogP contribution in [0, 0.1) is 69.0 Å². The number of aliphatic hydroxyl groups excluding tert-OH is 4. The second-order valence-corrected chi connectivity index (χ2v) is 19.8. The van der Waals surface area contributed by atoms with Gasteiger partial charge in [0.05, 0.1) is 12.2 Å². The van der Waals surface area contributed by atoms with E-state index >= 15 is 4.79 Å². The number of carbonyl (C=O) groups is 5. The molecule has 6 N–H and O–H groups in total. The monoisotopic (exact) mass is 750 g/mol. The molecule has 11 nitrogen and oxygen atoms in total. The van der Waals surface area contributed by atoms with Gasteiger partial charge in [-0.2, -0.15) is 0 Å². The number of hydrogen-bond acceptors (Lipinski definition) is 11. The third-order valence-electron chi connectivity index (χ3n) is 18.3. The van der Waals surface area contributed by atoms with Crippen LogP contribution in [0.4, 0.5) is 0 Å². The molecule has 54 heavy (non-hydrogen) atoms. The van der Waals surface area contributed by atoms with Gasteiger partial charge < -0.3 is 30.6 Å². The van der Waals surface area contributed by atoms with Crippen LogP contribution >= 0.6 is 0 Å². The van der Waals surface area contributed by atoms with E-state index in [9.17, 15) is 49.8 Å². The van der Waals surface area contributed by atoms with Gasteiger partial charge in [-0.1, -0.05) is 38.8 Å². The zero-order valence-corrected chi connectivity index (χ0v) is 32.1. The van der Waals surface area contributed by atoms with E-state index in [4.69, 9.17) is 0 Å². The van der Waals surface area contributed by atoms with E-state index in [2.05, 4.69) is 0 Å². The third-order valence-corrected chi connectivity index (χ3v) is 18.3. The molecule has 0 amide bonds. The van der Waals surface area contributed by atoms with E-state index in [1.165, 1.54) is 0 Å². The molecule has 0 saturated heterocycles. The van der Waals surface area contributed by atoms with Crippen LogP contribution in [-0.2, 0) is 24.0 Å². The number of aliphatic hydroxyl groups is 6. The maximum atomic E-state index is 15.6. The Hall–Kier alpha value is -2.41. The Bertz CT molecular complexity index is 1640. The van der Waals surface area contributed by atoms with E-state index in [1.807, 2.05) is 27.7 Å². The molecule has 0 radical (unpaired) electrons. The molecule has 0 heterocycles. The SMILES string of the molecule is C[C@]12C[C@H](O)[C@H]3[C@@H](CCC4=CC(=O)CC(C(=O)C5CC(=O)C=C6CC[C@@H]7[C@H]([C@@H](O)C[C@@]8(C)[C@H]7CC[C@]8(O)C(=O)CO)[C@]65C)[C@@]43C)[C@@H]1CC[C@]2(O)C(=O)CO. The Morgan fingerprint density at radius 3 is 1.37 bits per heavy atom. The molecule has 8 aliphatic rings. The van der Waals surface area contributed by atoms with Crippen LogP contribution in [0.2, 0.25) is 0 Å². The van der Waals surface area contributed by atoms with Gasteiger partial charge in [0.25, 0.3) is 0 Å². The molecule has 8 aliphatic carbocycles. The van der Waals surface area contributed by atoms with Crippen molar-refractivity contribution in [2.45, 2.75) is 128 Å². The van der Waals surface area contributed by atoms with Crippen molar-refractivity contribution < 1.29 is 54.6 Å². The minimum atomic E-state index is -1.78. The van der Waals surface area contributed by atoms with Crippen LogP contribution in [0.5, 0.6) is 0 Å². The normalized spacial score (nSPS) is 52.1. The molecular formula is C43H58O11. The highest BCUT2D eigenvalue weighted by Crippen LogP contribution is 2.71. The van der Waals surface area contributed by atoms with Crippen LogP contribution in [0.25, 0.3) is 0 Å². The van der Waals surface area contributed by atoms with Crippen molar-refractivity contribution in [1.82, 2.24) is 0 Å². The summed E-state index contributed by atoms with van der Waals surface area (Å²) in [6, 6.07) is 0. The Morgan fingerprint density at radius 1 is 0.648 bits per heavy atom. The van der Waals surface area contributed by atoms with Gasteiger partial charge in [-0.05, 0) is 112 Å². The van der Waals surface area contributed by atoms with Crippen molar-refractivity contribution in [1.29, 1.82) is 0 Å². The fourth-order valence-corrected chi connectivity index (χ4v) is 15.7. The number of fused-ring (bicyclic) bond motifs is 10. The highest BCUT2D eigenvalue weighted by atomic mass is 16.3. The largest absolute Gasteiger partial charge is 0.393 e. The number of Topliss-reactive ketones (excluding diaryl/α,β-unsaturated/α-hetero) is 3. The molecule has 296 valence electrons. The number of carbonyl (C=O) groups excluding carboxylic acids is 5. The maximum Gasteiger partial charge on any atom is 0.190 e. The zero-order valence-electron chi connectivity index (χ0n) is 32.1. The fourth-order valence-electron chi connectivity index (χ4n) is 15.7. The molecule has 8 rings (SSSR count). The minimum Gasteiger partial charge on any atom is -0.393 e. The predicted octanol–water partition coefficient (Wildman–Crippen LogP) is 2.60. The summed E-state index contributed by atoms with van der Waals surface area (Å²) in [4.78, 5) is 68.7. The summed E-state index contributed by atoms with van der Waals surface area (Å²) in [6.45, 7) is 6.07. The smallest absolute Gasteiger partial charge is 0.190 e. The van der Waals surface area contributed by atoms with Gasteiger partial charge in [0.1, 0.15) is 30.2 Å². The lowest BCUT2D eigenvalue weighted by Crippen LogP contribution is -2.65. The average Bonchev–Trinajstić information content (AvgIpc) is 3.55. The summed E-state index contributed by atoms with van der Waals surface area (Å²) in [5.74, 6) is -5.09. The Kier molecular flexibility index (Phi) is 8.76. The van der Waals surface area contributed by atoms with Crippen molar-refractivity contribution >= 4 is 28.9 Å². The van der Waals surface area contributed by atoms with Gasteiger partial charge in [-0.15, -0.1) is 0 Å². The van der Waals surface area contributed by atoms with Crippen LogP contribution in [-0.4, -0.2) is 96.2 Å². The number of allylic oxidation sites excluding steroid dienone is 2. The highest BCUT2D eigenvalue weighted by Gasteiger charge is 2.72. The molecule has 0 aromatic heterocycles. The summed E-state index contributed by atoms with van der Waals surface area (Å²) in [5.41, 5.74) is -5.76. The second kappa shape index (κ2) is 12.3.